The van der Waals surface area contributed by atoms with Crippen molar-refractivity contribution < 1.29 is 0 Å². The Balaban J connectivity index is 1.31. The number of pyridine rings is 5. The molecule has 5 nitrogen and oxygen atoms in total. The minimum atomic E-state index is 0.786. The van der Waals surface area contributed by atoms with Crippen LogP contribution in [-0.2, 0) is 0 Å². The van der Waals surface area contributed by atoms with Crippen LogP contribution >= 0.6 is 0 Å². The minimum absolute atomic E-state index is 0.786. The molecule has 0 N–H and O–H groups in total. The van der Waals surface area contributed by atoms with Crippen LogP contribution in [0.1, 0.15) is 0 Å². The van der Waals surface area contributed by atoms with Gasteiger partial charge in [-0.25, -0.2) is 15.0 Å². The summed E-state index contributed by atoms with van der Waals surface area (Å²) >= 11 is 0. The molecule has 0 bridgehead atoms. The SMILES string of the molecule is c1ccc(-c2ccc3ccc4ccc(-c5ccccc5-c5cc(-c6ccccn6)nc(-c6ccccn6)c5)nc4c3n2)cc1. The summed E-state index contributed by atoms with van der Waals surface area (Å²) < 4.78 is 0. The zero-order valence-corrected chi connectivity index (χ0v) is 23.7. The topological polar surface area (TPSA) is 64.5 Å². The highest BCUT2D eigenvalue weighted by Crippen LogP contribution is 2.36. The predicted molar refractivity (Wildman–Crippen MR) is 178 cm³/mol. The molecule has 5 aromatic heterocycles. The Morgan fingerprint density at radius 2 is 0.841 bits per heavy atom. The Kier molecular flexibility index (Phi) is 6.39. The number of hydrogen-bond acceptors (Lipinski definition) is 5. The first kappa shape index (κ1) is 25.6. The second-order valence-corrected chi connectivity index (χ2v) is 10.6. The van der Waals surface area contributed by atoms with Gasteiger partial charge in [0.25, 0.3) is 0 Å². The number of fused-ring (bicyclic) bond motifs is 3. The predicted octanol–water partition coefficient (Wildman–Crippen LogP) is 9.30. The van der Waals surface area contributed by atoms with E-state index in [1.807, 2.05) is 54.6 Å². The van der Waals surface area contributed by atoms with Gasteiger partial charge in [-0.3, -0.25) is 9.97 Å². The van der Waals surface area contributed by atoms with Crippen molar-refractivity contribution in [3.05, 3.63) is 152 Å². The zero-order valence-electron chi connectivity index (χ0n) is 23.7. The lowest BCUT2D eigenvalue weighted by Crippen LogP contribution is -1.95. The van der Waals surface area contributed by atoms with E-state index in [1.165, 1.54) is 0 Å². The van der Waals surface area contributed by atoms with Crippen LogP contribution in [0.15, 0.2) is 152 Å². The quantitative estimate of drug-likeness (QED) is 0.195. The summed E-state index contributed by atoms with van der Waals surface area (Å²) in [5, 5.41) is 2.11. The molecule has 0 aliphatic rings. The van der Waals surface area contributed by atoms with Crippen molar-refractivity contribution in [2.75, 3.05) is 0 Å². The van der Waals surface area contributed by atoms with Gasteiger partial charge in [0.1, 0.15) is 0 Å². The third-order valence-electron chi connectivity index (χ3n) is 7.78. The molecule has 3 aromatic carbocycles. The van der Waals surface area contributed by atoms with Crippen molar-refractivity contribution in [2.24, 2.45) is 0 Å². The van der Waals surface area contributed by atoms with Gasteiger partial charge in [-0.1, -0.05) is 91.0 Å². The number of hydrogen-bond donors (Lipinski definition) is 0. The summed E-state index contributed by atoms with van der Waals surface area (Å²) in [5.74, 6) is 0. The highest BCUT2D eigenvalue weighted by atomic mass is 14.8. The first-order valence-corrected chi connectivity index (χ1v) is 14.5. The van der Waals surface area contributed by atoms with E-state index in [-0.39, 0.29) is 0 Å². The Labute approximate surface area is 254 Å². The molecule has 0 amide bonds. The molecule has 5 heterocycles. The van der Waals surface area contributed by atoms with Gasteiger partial charge < -0.3 is 0 Å². The number of aromatic nitrogens is 5. The molecule has 0 radical (unpaired) electrons. The fraction of sp³-hybridized carbons (Fsp3) is 0. The third kappa shape index (κ3) is 4.76. The fourth-order valence-corrected chi connectivity index (χ4v) is 5.62. The van der Waals surface area contributed by atoms with E-state index in [4.69, 9.17) is 15.0 Å². The first-order chi connectivity index (χ1) is 21.8. The number of benzene rings is 3. The molecule has 44 heavy (non-hydrogen) atoms. The number of rotatable bonds is 5. The average molecular weight is 564 g/mol. The normalized spacial score (nSPS) is 11.2. The van der Waals surface area contributed by atoms with Crippen LogP contribution in [-0.4, -0.2) is 24.9 Å². The molecule has 0 atom stereocenters. The maximum Gasteiger partial charge on any atom is 0.0972 e. The van der Waals surface area contributed by atoms with Gasteiger partial charge >= 0.3 is 0 Å². The van der Waals surface area contributed by atoms with E-state index in [0.29, 0.717) is 0 Å². The van der Waals surface area contributed by atoms with E-state index in [1.54, 1.807) is 12.4 Å². The van der Waals surface area contributed by atoms with Gasteiger partial charge in [0.15, 0.2) is 0 Å². The molecule has 0 unspecified atom stereocenters. The van der Waals surface area contributed by atoms with Crippen LogP contribution < -0.4 is 0 Å². The van der Waals surface area contributed by atoms with Crippen LogP contribution in [0.4, 0.5) is 0 Å². The Morgan fingerprint density at radius 3 is 1.45 bits per heavy atom. The molecular weight excluding hydrogens is 538 g/mol. The highest BCUT2D eigenvalue weighted by molar-refractivity contribution is 6.04. The van der Waals surface area contributed by atoms with Crippen molar-refractivity contribution in [1.82, 2.24) is 24.9 Å². The summed E-state index contributed by atoms with van der Waals surface area (Å²) in [6.45, 7) is 0. The maximum absolute atomic E-state index is 5.25. The Hall–Kier alpha value is -6.07. The van der Waals surface area contributed by atoms with Gasteiger partial charge in [-0.2, -0.15) is 0 Å². The van der Waals surface area contributed by atoms with E-state index < -0.39 is 0 Å². The van der Waals surface area contributed by atoms with Gasteiger partial charge in [0.05, 0.1) is 45.2 Å². The summed E-state index contributed by atoms with van der Waals surface area (Å²) in [6.07, 6.45) is 3.58. The lowest BCUT2D eigenvalue weighted by atomic mass is 9.95. The van der Waals surface area contributed by atoms with Crippen molar-refractivity contribution in [1.29, 1.82) is 0 Å². The summed E-state index contributed by atoms with van der Waals surface area (Å²) in [5.41, 5.74) is 10.9. The minimum Gasteiger partial charge on any atom is -0.255 e. The second-order valence-electron chi connectivity index (χ2n) is 10.6. The molecule has 8 aromatic rings. The molecule has 0 aliphatic carbocycles. The standard InChI is InChI=1S/C39H25N5/c1-2-10-26(11-3-1)32-20-18-27-16-17-28-19-21-33(44-39(28)38(27)43-32)31-13-5-4-12-30(31)29-24-36(34-14-6-8-22-40-34)42-37(25-29)35-15-7-9-23-41-35/h1-25H. The largest absolute Gasteiger partial charge is 0.255 e. The Morgan fingerprint density at radius 1 is 0.318 bits per heavy atom. The second kappa shape index (κ2) is 11.0. The van der Waals surface area contributed by atoms with E-state index >= 15 is 0 Å². The summed E-state index contributed by atoms with van der Waals surface area (Å²) in [6, 6.07) is 47.2. The van der Waals surface area contributed by atoms with Gasteiger partial charge in [-0.05, 0) is 59.7 Å². The smallest absolute Gasteiger partial charge is 0.0972 e. The lowest BCUT2D eigenvalue weighted by Gasteiger charge is -2.14. The molecule has 8 rings (SSSR count). The van der Waals surface area contributed by atoms with Crippen LogP contribution in [0.3, 0.4) is 0 Å². The number of nitrogens with zero attached hydrogens (tertiary/aromatic N) is 5. The highest BCUT2D eigenvalue weighted by Gasteiger charge is 2.15. The average Bonchev–Trinajstić information content (AvgIpc) is 3.12. The molecule has 206 valence electrons. The van der Waals surface area contributed by atoms with Crippen molar-refractivity contribution in [2.45, 2.75) is 0 Å². The molecular formula is C39H25N5. The Bertz CT molecular complexity index is 2210. The van der Waals surface area contributed by atoms with E-state index in [2.05, 4.69) is 94.9 Å². The monoisotopic (exact) mass is 563 g/mol. The lowest BCUT2D eigenvalue weighted by molar-refractivity contribution is 1.22. The molecule has 0 saturated heterocycles. The van der Waals surface area contributed by atoms with Crippen LogP contribution in [0.25, 0.3) is 78.2 Å². The van der Waals surface area contributed by atoms with Crippen LogP contribution in [0.5, 0.6) is 0 Å². The van der Waals surface area contributed by atoms with Crippen LogP contribution in [0, 0.1) is 0 Å². The van der Waals surface area contributed by atoms with Gasteiger partial charge in [0, 0.05) is 34.3 Å². The van der Waals surface area contributed by atoms with E-state index in [0.717, 1.165) is 78.2 Å². The first-order valence-electron chi connectivity index (χ1n) is 14.5. The molecule has 0 fully saturated rings. The third-order valence-corrected chi connectivity index (χ3v) is 7.78. The van der Waals surface area contributed by atoms with Gasteiger partial charge in [0.2, 0.25) is 0 Å². The fourth-order valence-electron chi connectivity index (χ4n) is 5.62. The summed E-state index contributed by atoms with van der Waals surface area (Å²) in [4.78, 5) is 24.5. The molecule has 0 saturated carbocycles. The maximum atomic E-state index is 5.25. The molecule has 0 aliphatic heterocycles. The molecule has 5 heteroatoms. The van der Waals surface area contributed by atoms with Crippen molar-refractivity contribution >= 4 is 21.8 Å². The molecule has 0 spiro atoms. The summed E-state index contributed by atoms with van der Waals surface area (Å²) in [7, 11) is 0. The van der Waals surface area contributed by atoms with E-state index in [9.17, 15) is 0 Å². The van der Waals surface area contributed by atoms with Crippen LogP contribution in [0.2, 0.25) is 0 Å². The van der Waals surface area contributed by atoms with Crippen molar-refractivity contribution in [3.63, 3.8) is 0 Å². The zero-order chi connectivity index (χ0) is 29.3. The van der Waals surface area contributed by atoms with Gasteiger partial charge in [-0.15, -0.1) is 0 Å². The van der Waals surface area contributed by atoms with Crippen molar-refractivity contribution in [3.8, 4) is 56.4 Å².